The molecule has 0 aromatic heterocycles. The number of benzene rings is 1. The molecule has 0 saturated carbocycles. The third-order valence-corrected chi connectivity index (χ3v) is 3.08. The Morgan fingerprint density at radius 2 is 2.15 bits per heavy atom. The lowest BCUT2D eigenvalue weighted by atomic mass is 9.83. The van der Waals surface area contributed by atoms with Gasteiger partial charge in [0.15, 0.2) is 0 Å². The van der Waals surface area contributed by atoms with Crippen molar-refractivity contribution in [1.82, 2.24) is 0 Å². The first-order valence-electron chi connectivity index (χ1n) is 4.44. The molecule has 0 spiro atoms. The predicted octanol–water partition coefficient (Wildman–Crippen LogP) is 1.38. The summed E-state index contributed by atoms with van der Waals surface area (Å²) in [6.07, 6.45) is 0. The van der Waals surface area contributed by atoms with Gasteiger partial charge in [0.2, 0.25) is 0 Å². The fourth-order valence-corrected chi connectivity index (χ4v) is 2.40. The van der Waals surface area contributed by atoms with Crippen molar-refractivity contribution in [2.75, 3.05) is 6.61 Å². The molecule has 0 unspecified atom stereocenters. The van der Waals surface area contributed by atoms with Gasteiger partial charge in [-0.2, -0.15) is 0 Å². The SMILES string of the molecule is Bc1cc(Br)c2c(c1)C(C)(C)CO2. The van der Waals surface area contributed by atoms with Crippen molar-refractivity contribution in [3.63, 3.8) is 0 Å². The van der Waals surface area contributed by atoms with E-state index in [1.165, 1.54) is 11.0 Å². The van der Waals surface area contributed by atoms with Crippen LogP contribution in [-0.4, -0.2) is 14.5 Å². The predicted molar refractivity (Wildman–Crippen MR) is 60.8 cm³/mol. The van der Waals surface area contributed by atoms with Crippen LogP contribution in [0.4, 0.5) is 0 Å². The van der Waals surface area contributed by atoms with Gasteiger partial charge in [-0.05, 0) is 15.9 Å². The smallest absolute Gasteiger partial charge is 0.139 e. The highest BCUT2D eigenvalue weighted by Gasteiger charge is 2.32. The minimum atomic E-state index is 0.157. The molecule has 1 aliphatic rings. The van der Waals surface area contributed by atoms with Gasteiger partial charge in [0.05, 0.1) is 11.1 Å². The van der Waals surface area contributed by atoms with Gasteiger partial charge < -0.3 is 4.74 Å². The summed E-state index contributed by atoms with van der Waals surface area (Å²) in [6.45, 7) is 5.21. The van der Waals surface area contributed by atoms with Crippen molar-refractivity contribution < 1.29 is 4.74 Å². The quantitative estimate of drug-likeness (QED) is 0.621. The Hall–Kier alpha value is -0.435. The van der Waals surface area contributed by atoms with E-state index in [2.05, 4.69) is 49.8 Å². The van der Waals surface area contributed by atoms with Gasteiger partial charge in [-0.25, -0.2) is 0 Å². The molecule has 0 amide bonds. The fourth-order valence-electron chi connectivity index (χ4n) is 1.71. The lowest BCUT2D eigenvalue weighted by Crippen LogP contribution is -2.19. The molecule has 3 heteroatoms. The minimum absolute atomic E-state index is 0.157. The van der Waals surface area contributed by atoms with E-state index in [9.17, 15) is 0 Å². The summed E-state index contributed by atoms with van der Waals surface area (Å²) in [4.78, 5) is 0. The monoisotopic (exact) mass is 238 g/mol. The molecule has 68 valence electrons. The summed E-state index contributed by atoms with van der Waals surface area (Å²) >= 11 is 3.52. The van der Waals surface area contributed by atoms with Crippen LogP contribution in [0.2, 0.25) is 0 Å². The van der Waals surface area contributed by atoms with Crippen LogP contribution in [0.25, 0.3) is 0 Å². The standard InChI is InChI=1S/C10H12BBrO/c1-10(2)5-13-9-7(10)3-6(11)4-8(9)12/h3-4H,5,11H2,1-2H3. The number of fused-ring (bicyclic) bond motifs is 1. The van der Waals surface area contributed by atoms with Crippen LogP contribution in [0.1, 0.15) is 19.4 Å². The summed E-state index contributed by atoms with van der Waals surface area (Å²) in [7, 11) is 2.11. The molecule has 13 heavy (non-hydrogen) atoms. The van der Waals surface area contributed by atoms with E-state index in [0.717, 1.165) is 16.8 Å². The molecule has 0 fully saturated rings. The van der Waals surface area contributed by atoms with Crippen LogP contribution in [0.15, 0.2) is 16.6 Å². The van der Waals surface area contributed by atoms with Crippen LogP contribution >= 0.6 is 15.9 Å². The second-order valence-electron chi connectivity index (χ2n) is 4.30. The summed E-state index contributed by atoms with van der Waals surface area (Å²) < 4.78 is 6.73. The van der Waals surface area contributed by atoms with Gasteiger partial charge >= 0.3 is 0 Å². The molecule has 1 aliphatic heterocycles. The highest BCUT2D eigenvalue weighted by Crippen LogP contribution is 2.41. The molecule has 1 nitrogen and oxygen atoms in total. The van der Waals surface area contributed by atoms with Crippen molar-refractivity contribution in [3.05, 3.63) is 22.2 Å². The van der Waals surface area contributed by atoms with E-state index >= 15 is 0 Å². The topological polar surface area (TPSA) is 9.23 Å². The van der Waals surface area contributed by atoms with E-state index in [0.29, 0.717) is 0 Å². The van der Waals surface area contributed by atoms with Gasteiger partial charge in [-0.1, -0.05) is 31.4 Å². The normalized spacial score (nSPS) is 18.1. The largest absolute Gasteiger partial charge is 0.491 e. The van der Waals surface area contributed by atoms with E-state index in [4.69, 9.17) is 4.74 Å². The molecular formula is C10H12BBrO. The van der Waals surface area contributed by atoms with E-state index in [1.807, 2.05) is 0 Å². The average molecular weight is 239 g/mol. The molecule has 2 rings (SSSR count). The average Bonchev–Trinajstić information content (AvgIpc) is 2.28. The summed E-state index contributed by atoms with van der Waals surface area (Å²) in [5, 5.41) is 0. The van der Waals surface area contributed by atoms with Gasteiger partial charge in [-0.15, -0.1) is 0 Å². The lowest BCUT2D eigenvalue weighted by molar-refractivity contribution is 0.290. The maximum absolute atomic E-state index is 5.65. The number of hydrogen-bond acceptors (Lipinski definition) is 1. The molecule has 0 saturated heterocycles. The lowest BCUT2D eigenvalue weighted by Gasteiger charge is -2.15. The first kappa shape index (κ1) is 9.13. The van der Waals surface area contributed by atoms with Crippen molar-refractivity contribution in [3.8, 4) is 5.75 Å². The summed E-state index contributed by atoms with van der Waals surface area (Å²) in [5.74, 6) is 1.02. The van der Waals surface area contributed by atoms with Crippen LogP contribution < -0.4 is 10.2 Å². The highest BCUT2D eigenvalue weighted by atomic mass is 79.9. The van der Waals surface area contributed by atoms with Crippen LogP contribution in [0.3, 0.4) is 0 Å². The van der Waals surface area contributed by atoms with Gasteiger partial charge in [0, 0.05) is 11.0 Å². The Balaban J connectivity index is 2.65. The molecule has 0 radical (unpaired) electrons. The van der Waals surface area contributed by atoms with Crippen LogP contribution in [0, 0.1) is 0 Å². The maximum atomic E-state index is 5.65. The van der Waals surface area contributed by atoms with Crippen molar-refractivity contribution in [2.45, 2.75) is 19.3 Å². The Kier molecular flexibility index (Phi) is 1.95. The molecule has 0 bridgehead atoms. The zero-order chi connectivity index (χ0) is 9.64. The maximum Gasteiger partial charge on any atom is 0.139 e. The van der Waals surface area contributed by atoms with E-state index in [-0.39, 0.29) is 5.41 Å². The summed E-state index contributed by atoms with van der Waals surface area (Å²) in [5.41, 5.74) is 2.76. The van der Waals surface area contributed by atoms with Crippen LogP contribution in [-0.2, 0) is 5.41 Å². The molecule has 0 atom stereocenters. The molecule has 1 aromatic carbocycles. The third kappa shape index (κ3) is 1.39. The van der Waals surface area contributed by atoms with Crippen LogP contribution in [0.5, 0.6) is 5.75 Å². The van der Waals surface area contributed by atoms with Gasteiger partial charge in [0.1, 0.15) is 13.6 Å². The minimum Gasteiger partial charge on any atom is -0.491 e. The van der Waals surface area contributed by atoms with E-state index < -0.39 is 0 Å². The number of ether oxygens (including phenoxy) is 1. The number of halogens is 1. The second-order valence-corrected chi connectivity index (χ2v) is 5.15. The zero-order valence-electron chi connectivity index (χ0n) is 8.15. The van der Waals surface area contributed by atoms with Gasteiger partial charge in [-0.3, -0.25) is 0 Å². The Morgan fingerprint density at radius 1 is 1.46 bits per heavy atom. The molecule has 0 aliphatic carbocycles. The Bertz CT molecular complexity index is 360. The van der Waals surface area contributed by atoms with E-state index in [1.54, 1.807) is 0 Å². The zero-order valence-corrected chi connectivity index (χ0v) is 9.73. The Labute approximate surface area is 88.0 Å². The molecule has 1 heterocycles. The Morgan fingerprint density at radius 3 is 2.85 bits per heavy atom. The van der Waals surface area contributed by atoms with Crippen molar-refractivity contribution >= 4 is 29.2 Å². The van der Waals surface area contributed by atoms with Crippen molar-refractivity contribution in [2.24, 2.45) is 0 Å². The highest BCUT2D eigenvalue weighted by molar-refractivity contribution is 9.10. The second kappa shape index (κ2) is 2.78. The molecule has 0 N–H and O–H groups in total. The van der Waals surface area contributed by atoms with Gasteiger partial charge in [0.25, 0.3) is 0 Å². The summed E-state index contributed by atoms with van der Waals surface area (Å²) in [6, 6.07) is 4.31. The molecular weight excluding hydrogens is 227 g/mol. The first-order valence-corrected chi connectivity index (χ1v) is 5.23. The first-order chi connectivity index (χ1) is 6.00. The third-order valence-electron chi connectivity index (χ3n) is 2.49. The molecule has 1 aromatic rings. The van der Waals surface area contributed by atoms with Crippen molar-refractivity contribution in [1.29, 1.82) is 0 Å². The number of hydrogen-bond donors (Lipinski definition) is 0. The number of rotatable bonds is 0. The fraction of sp³-hybridized carbons (Fsp3) is 0.400.